The molecule has 4 aromatic rings. The number of hydrogen-bond acceptors (Lipinski definition) is 4. The van der Waals surface area contributed by atoms with Gasteiger partial charge in [-0.25, -0.2) is 9.18 Å². The summed E-state index contributed by atoms with van der Waals surface area (Å²) in [5.41, 5.74) is 6.32. The third-order valence-corrected chi connectivity index (χ3v) is 7.17. The average Bonchev–Trinajstić information content (AvgIpc) is 3.40. The molecule has 2 aromatic heterocycles. The van der Waals surface area contributed by atoms with Crippen molar-refractivity contribution < 1.29 is 13.9 Å². The van der Waals surface area contributed by atoms with Crippen LogP contribution in [0.4, 0.5) is 10.1 Å². The summed E-state index contributed by atoms with van der Waals surface area (Å²) in [5.74, 6) is -0.666. The number of thiocarbonyl (C=S) groups is 1. The second kappa shape index (κ2) is 9.78. The summed E-state index contributed by atoms with van der Waals surface area (Å²) in [6, 6.07) is 19.8. The number of carbonyl (C=O) groups is 1. The number of benzene rings is 2. The van der Waals surface area contributed by atoms with Gasteiger partial charge >= 0.3 is 5.97 Å². The Morgan fingerprint density at radius 3 is 2.51 bits per heavy atom. The zero-order chi connectivity index (χ0) is 26.3. The Labute approximate surface area is 220 Å². The molecule has 188 valence electrons. The summed E-state index contributed by atoms with van der Waals surface area (Å²) in [6.07, 6.45) is 1.76. The van der Waals surface area contributed by atoms with E-state index in [1.54, 1.807) is 25.3 Å². The molecular formula is C29H27FN4O2S. The number of aryl methyl sites for hydroxylation is 2. The van der Waals surface area contributed by atoms with Crippen LogP contribution >= 0.6 is 12.2 Å². The SMILES string of the molecule is COC(=O)c1ccccc1-n1c(C)cc(C2C(c3ccccn3)NC(=S)N2c2ccc(F)c(C)c2)c1C. The Morgan fingerprint density at radius 1 is 1.05 bits per heavy atom. The lowest BCUT2D eigenvalue weighted by molar-refractivity contribution is 0.0600. The highest BCUT2D eigenvalue weighted by atomic mass is 32.1. The van der Waals surface area contributed by atoms with E-state index in [0.717, 1.165) is 34.0 Å². The fourth-order valence-electron chi connectivity index (χ4n) is 5.14. The lowest BCUT2D eigenvalue weighted by Crippen LogP contribution is -2.29. The second-order valence-electron chi connectivity index (χ2n) is 9.10. The van der Waals surface area contributed by atoms with Gasteiger partial charge in [0.2, 0.25) is 0 Å². The van der Waals surface area contributed by atoms with Gasteiger partial charge in [0.1, 0.15) is 5.82 Å². The molecule has 0 amide bonds. The van der Waals surface area contributed by atoms with Crippen LogP contribution in [0.2, 0.25) is 0 Å². The molecule has 37 heavy (non-hydrogen) atoms. The van der Waals surface area contributed by atoms with Gasteiger partial charge in [0.15, 0.2) is 5.11 Å². The van der Waals surface area contributed by atoms with Crippen LogP contribution in [-0.4, -0.2) is 27.7 Å². The average molecular weight is 515 g/mol. The standard InChI is InChI=1S/C29H27FN4O2S/c1-17-15-20(12-13-23(17)30)34-27(26(32-29(34)37)24-10-7-8-14-31-24)22-16-18(2)33(19(22)3)25-11-6-5-9-21(25)28(35)36-4/h5-16,26-27H,1-4H3,(H,32,37). The van der Waals surface area contributed by atoms with Crippen LogP contribution in [0.3, 0.4) is 0 Å². The first-order chi connectivity index (χ1) is 17.8. The highest BCUT2D eigenvalue weighted by Gasteiger charge is 2.42. The van der Waals surface area contributed by atoms with Gasteiger partial charge < -0.3 is 19.5 Å². The summed E-state index contributed by atoms with van der Waals surface area (Å²) in [4.78, 5) is 19.2. The normalized spacial score (nSPS) is 17.1. The fraction of sp³-hybridized carbons (Fsp3) is 0.207. The molecule has 0 spiro atoms. The van der Waals surface area contributed by atoms with Gasteiger partial charge in [0.05, 0.1) is 36.1 Å². The number of hydrogen-bond donors (Lipinski definition) is 1. The molecule has 5 rings (SSSR count). The number of para-hydroxylation sites is 1. The van der Waals surface area contributed by atoms with Gasteiger partial charge in [0.25, 0.3) is 0 Å². The predicted molar refractivity (Wildman–Crippen MR) is 146 cm³/mol. The Balaban J connectivity index is 1.70. The smallest absolute Gasteiger partial charge is 0.339 e. The molecule has 2 unspecified atom stereocenters. The highest BCUT2D eigenvalue weighted by Crippen LogP contribution is 2.44. The van der Waals surface area contributed by atoms with Gasteiger partial charge in [-0.15, -0.1) is 0 Å². The van der Waals surface area contributed by atoms with Crippen LogP contribution in [-0.2, 0) is 4.74 Å². The third-order valence-electron chi connectivity index (χ3n) is 6.86. The molecule has 0 radical (unpaired) electrons. The quantitative estimate of drug-likeness (QED) is 0.264. The van der Waals surface area contributed by atoms with E-state index in [2.05, 4.69) is 20.9 Å². The van der Waals surface area contributed by atoms with Gasteiger partial charge in [-0.05, 0) is 92.6 Å². The van der Waals surface area contributed by atoms with Crippen LogP contribution in [0.15, 0.2) is 72.9 Å². The zero-order valence-electron chi connectivity index (χ0n) is 21.0. The number of methoxy groups -OCH3 is 1. The number of carbonyl (C=O) groups excluding carboxylic acids is 1. The largest absolute Gasteiger partial charge is 0.465 e. The molecule has 2 atom stereocenters. The van der Waals surface area contributed by atoms with Crippen molar-refractivity contribution in [2.24, 2.45) is 0 Å². The Bertz CT molecular complexity index is 1500. The summed E-state index contributed by atoms with van der Waals surface area (Å²) in [7, 11) is 1.38. The topological polar surface area (TPSA) is 59.4 Å². The molecule has 0 bridgehead atoms. The number of anilines is 1. The molecular weight excluding hydrogens is 487 g/mol. The van der Waals surface area contributed by atoms with Crippen molar-refractivity contribution in [1.29, 1.82) is 0 Å². The van der Waals surface area contributed by atoms with Crippen molar-refractivity contribution in [3.8, 4) is 5.69 Å². The van der Waals surface area contributed by atoms with Crippen LogP contribution in [0.25, 0.3) is 5.69 Å². The van der Waals surface area contributed by atoms with Crippen molar-refractivity contribution >= 4 is 29.0 Å². The number of aromatic nitrogens is 2. The van der Waals surface area contributed by atoms with Crippen molar-refractivity contribution in [2.45, 2.75) is 32.9 Å². The van der Waals surface area contributed by atoms with Gasteiger partial charge in [0, 0.05) is 23.3 Å². The number of pyridine rings is 1. The summed E-state index contributed by atoms with van der Waals surface area (Å²) < 4.78 is 21.3. The minimum atomic E-state index is -0.400. The molecule has 1 fully saturated rings. The minimum Gasteiger partial charge on any atom is -0.465 e. The monoisotopic (exact) mass is 514 g/mol. The van der Waals surface area contributed by atoms with Crippen LogP contribution in [0.1, 0.15) is 50.7 Å². The second-order valence-corrected chi connectivity index (χ2v) is 9.49. The Kier molecular flexibility index (Phi) is 6.52. The van der Waals surface area contributed by atoms with Crippen molar-refractivity contribution in [3.63, 3.8) is 0 Å². The predicted octanol–water partition coefficient (Wildman–Crippen LogP) is 5.90. The molecule has 0 saturated carbocycles. The number of nitrogens with zero attached hydrogens (tertiary/aromatic N) is 3. The van der Waals surface area contributed by atoms with Crippen molar-refractivity contribution in [1.82, 2.24) is 14.9 Å². The van der Waals surface area contributed by atoms with Crippen LogP contribution < -0.4 is 10.2 Å². The lowest BCUT2D eigenvalue weighted by atomic mass is 9.96. The third kappa shape index (κ3) is 4.27. The van der Waals surface area contributed by atoms with E-state index >= 15 is 0 Å². The Hall–Kier alpha value is -4.04. The first kappa shape index (κ1) is 24.6. The molecule has 1 saturated heterocycles. The van der Waals surface area contributed by atoms with Gasteiger partial charge in [-0.1, -0.05) is 18.2 Å². The van der Waals surface area contributed by atoms with E-state index in [1.165, 1.54) is 13.2 Å². The van der Waals surface area contributed by atoms with E-state index in [-0.39, 0.29) is 17.9 Å². The summed E-state index contributed by atoms with van der Waals surface area (Å²) in [5, 5.41) is 3.99. The molecule has 1 N–H and O–H groups in total. The lowest BCUT2D eigenvalue weighted by Gasteiger charge is -2.28. The maximum atomic E-state index is 14.2. The first-order valence-corrected chi connectivity index (χ1v) is 12.4. The molecule has 0 aliphatic carbocycles. The van der Waals surface area contributed by atoms with E-state index in [1.807, 2.05) is 61.2 Å². The molecule has 1 aliphatic rings. The molecule has 3 heterocycles. The van der Waals surface area contributed by atoms with E-state index in [9.17, 15) is 9.18 Å². The summed E-state index contributed by atoms with van der Waals surface area (Å²) in [6.45, 7) is 5.78. The van der Waals surface area contributed by atoms with Crippen LogP contribution in [0, 0.1) is 26.6 Å². The van der Waals surface area contributed by atoms with Gasteiger partial charge in [-0.2, -0.15) is 0 Å². The first-order valence-electron chi connectivity index (χ1n) is 11.9. The van der Waals surface area contributed by atoms with Crippen molar-refractivity contribution in [2.75, 3.05) is 12.0 Å². The fourth-order valence-corrected chi connectivity index (χ4v) is 5.48. The van der Waals surface area contributed by atoms with E-state index in [0.29, 0.717) is 16.2 Å². The number of esters is 1. The maximum Gasteiger partial charge on any atom is 0.339 e. The van der Waals surface area contributed by atoms with Crippen molar-refractivity contribution in [3.05, 3.63) is 113 Å². The molecule has 6 nitrogen and oxygen atoms in total. The maximum absolute atomic E-state index is 14.2. The summed E-state index contributed by atoms with van der Waals surface area (Å²) >= 11 is 5.83. The number of halogens is 1. The molecule has 2 aromatic carbocycles. The van der Waals surface area contributed by atoms with E-state index in [4.69, 9.17) is 17.0 Å². The van der Waals surface area contributed by atoms with E-state index < -0.39 is 5.97 Å². The zero-order valence-corrected chi connectivity index (χ0v) is 21.8. The minimum absolute atomic E-state index is 0.246. The number of ether oxygens (including phenoxy) is 1. The van der Waals surface area contributed by atoms with Crippen LogP contribution in [0.5, 0.6) is 0 Å². The molecule has 8 heteroatoms. The number of nitrogens with one attached hydrogen (secondary N) is 1. The number of rotatable bonds is 5. The van der Waals surface area contributed by atoms with Gasteiger partial charge in [-0.3, -0.25) is 4.98 Å². The Morgan fingerprint density at radius 2 is 1.81 bits per heavy atom. The molecule has 1 aliphatic heterocycles. The highest BCUT2D eigenvalue weighted by molar-refractivity contribution is 7.80.